The standard InChI is InChI=1S/C19H27NO/c1-5-12-20-18(14-19(2,3)21-4)17-11-10-15-8-6-7-9-16(15)13-17/h6-11,13,18,20H,5,12,14H2,1-4H3. The molecule has 0 radical (unpaired) electrons. The number of methoxy groups -OCH3 is 1. The van der Waals surface area contributed by atoms with E-state index < -0.39 is 0 Å². The van der Waals surface area contributed by atoms with Crippen LogP contribution in [0.5, 0.6) is 0 Å². The first-order valence-corrected chi connectivity index (χ1v) is 7.83. The molecule has 1 N–H and O–H groups in total. The van der Waals surface area contributed by atoms with Gasteiger partial charge >= 0.3 is 0 Å². The summed E-state index contributed by atoms with van der Waals surface area (Å²) in [6.45, 7) is 7.52. The first kappa shape index (κ1) is 16.0. The molecule has 2 aromatic rings. The third kappa shape index (κ3) is 4.29. The number of fused-ring (bicyclic) bond motifs is 1. The van der Waals surface area contributed by atoms with Gasteiger partial charge in [-0.3, -0.25) is 0 Å². The second-order valence-electron chi connectivity index (χ2n) is 6.28. The summed E-state index contributed by atoms with van der Waals surface area (Å²) in [5.74, 6) is 0. The maximum absolute atomic E-state index is 5.62. The summed E-state index contributed by atoms with van der Waals surface area (Å²) in [6, 6.07) is 15.6. The molecule has 2 heteroatoms. The predicted molar refractivity (Wildman–Crippen MR) is 90.7 cm³/mol. The van der Waals surface area contributed by atoms with Crippen molar-refractivity contribution < 1.29 is 4.74 Å². The van der Waals surface area contributed by atoms with Crippen molar-refractivity contribution in [1.82, 2.24) is 5.32 Å². The number of benzene rings is 2. The molecule has 0 saturated carbocycles. The first-order chi connectivity index (χ1) is 10.1. The Labute approximate surface area is 128 Å². The third-order valence-corrected chi connectivity index (χ3v) is 4.06. The molecule has 1 unspecified atom stereocenters. The van der Waals surface area contributed by atoms with Gasteiger partial charge in [-0.1, -0.05) is 43.3 Å². The van der Waals surface area contributed by atoms with Crippen LogP contribution < -0.4 is 5.32 Å². The van der Waals surface area contributed by atoms with Crippen molar-refractivity contribution in [3.05, 3.63) is 48.0 Å². The molecule has 2 rings (SSSR count). The van der Waals surface area contributed by atoms with Gasteiger partial charge in [0.25, 0.3) is 0 Å². The van der Waals surface area contributed by atoms with Gasteiger partial charge in [-0.15, -0.1) is 0 Å². The molecular weight excluding hydrogens is 258 g/mol. The Morgan fingerprint density at radius 2 is 1.81 bits per heavy atom. The van der Waals surface area contributed by atoms with E-state index in [1.165, 1.54) is 16.3 Å². The molecule has 21 heavy (non-hydrogen) atoms. The molecule has 2 aromatic carbocycles. The van der Waals surface area contributed by atoms with Gasteiger partial charge in [-0.25, -0.2) is 0 Å². The maximum atomic E-state index is 5.62. The monoisotopic (exact) mass is 285 g/mol. The van der Waals surface area contributed by atoms with Gasteiger partial charge in [0.05, 0.1) is 5.60 Å². The summed E-state index contributed by atoms with van der Waals surface area (Å²) in [4.78, 5) is 0. The summed E-state index contributed by atoms with van der Waals surface area (Å²) >= 11 is 0. The molecule has 0 spiro atoms. The second-order valence-corrected chi connectivity index (χ2v) is 6.28. The zero-order chi connectivity index (χ0) is 15.3. The van der Waals surface area contributed by atoms with Crippen LogP contribution in [-0.4, -0.2) is 19.3 Å². The number of ether oxygens (including phenoxy) is 1. The van der Waals surface area contributed by atoms with Crippen LogP contribution in [0.3, 0.4) is 0 Å². The Bertz CT molecular complexity index is 577. The van der Waals surface area contributed by atoms with Gasteiger partial charge in [0, 0.05) is 13.2 Å². The fraction of sp³-hybridized carbons (Fsp3) is 0.474. The van der Waals surface area contributed by atoms with Gasteiger partial charge in [-0.05, 0) is 55.6 Å². The summed E-state index contributed by atoms with van der Waals surface area (Å²) in [7, 11) is 1.79. The minimum atomic E-state index is -0.128. The molecule has 0 fully saturated rings. The summed E-state index contributed by atoms with van der Waals surface area (Å²) in [5, 5.41) is 6.25. The lowest BCUT2D eigenvalue weighted by Crippen LogP contribution is -2.32. The molecule has 0 saturated heterocycles. The van der Waals surface area contributed by atoms with E-state index in [1.54, 1.807) is 7.11 Å². The van der Waals surface area contributed by atoms with Crippen molar-refractivity contribution in [3.8, 4) is 0 Å². The lowest BCUT2D eigenvalue weighted by Gasteiger charge is -2.29. The minimum absolute atomic E-state index is 0.128. The molecule has 114 valence electrons. The highest BCUT2D eigenvalue weighted by molar-refractivity contribution is 5.83. The first-order valence-electron chi connectivity index (χ1n) is 7.83. The van der Waals surface area contributed by atoms with Crippen LogP contribution in [-0.2, 0) is 4.74 Å². The zero-order valence-corrected chi connectivity index (χ0v) is 13.6. The maximum Gasteiger partial charge on any atom is 0.0640 e. The molecule has 0 aliphatic rings. The van der Waals surface area contributed by atoms with Crippen LogP contribution in [0.1, 0.15) is 45.2 Å². The van der Waals surface area contributed by atoms with Crippen molar-refractivity contribution in [2.45, 2.75) is 45.3 Å². The highest BCUT2D eigenvalue weighted by atomic mass is 16.5. The van der Waals surface area contributed by atoms with E-state index in [9.17, 15) is 0 Å². The van der Waals surface area contributed by atoms with Gasteiger partial charge in [0.2, 0.25) is 0 Å². The highest BCUT2D eigenvalue weighted by Gasteiger charge is 2.23. The fourth-order valence-electron chi connectivity index (χ4n) is 2.63. The lowest BCUT2D eigenvalue weighted by molar-refractivity contribution is 0.00686. The number of hydrogen-bond donors (Lipinski definition) is 1. The number of nitrogens with one attached hydrogen (secondary N) is 1. The van der Waals surface area contributed by atoms with Gasteiger partial charge < -0.3 is 10.1 Å². The third-order valence-electron chi connectivity index (χ3n) is 4.06. The smallest absolute Gasteiger partial charge is 0.0640 e. The van der Waals surface area contributed by atoms with E-state index in [4.69, 9.17) is 4.74 Å². The van der Waals surface area contributed by atoms with Gasteiger partial charge in [0.1, 0.15) is 0 Å². The summed E-state index contributed by atoms with van der Waals surface area (Å²) < 4.78 is 5.62. The molecule has 0 bridgehead atoms. The van der Waals surface area contributed by atoms with Crippen LogP contribution in [0.15, 0.2) is 42.5 Å². The highest BCUT2D eigenvalue weighted by Crippen LogP contribution is 2.28. The average Bonchev–Trinajstić information content (AvgIpc) is 2.51. The molecule has 0 aliphatic heterocycles. The normalized spacial score (nSPS) is 13.5. The van der Waals surface area contributed by atoms with E-state index in [2.05, 4.69) is 68.6 Å². The van der Waals surface area contributed by atoms with Crippen LogP contribution in [0.2, 0.25) is 0 Å². The van der Waals surface area contributed by atoms with Crippen LogP contribution in [0.25, 0.3) is 10.8 Å². The zero-order valence-electron chi connectivity index (χ0n) is 13.6. The van der Waals surface area contributed by atoms with Gasteiger partial charge in [0.15, 0.2) is 0 Å². The van der Waals surface area contributed by atoms with Crippen LogP contribution in [0.4, 0.5) is 0 Å². The second kappa shape index (κ2) is 7.06. The van der Waals surface area contributed by atoms with Gasteiger partial charge in [-0.2, -0.15) is 0 Å². The Kier molecular flexibility index (Phi) is 5.38. The van der Waals surface area contributed by atoms with Crippen molar-refractivity contribution in [3.63, 3.8) is 0 Å². The molecule has 0 aliphatic carbocycles. The minimum Gasteiger partial charge on any atom is -0.379 e. The van der Waals surface area contributed by atoms with Crippen molar-refractivity contribution in [2.75, 3.05) is 13.7 Å². The predicted octanol–water partition coefficient (Wildman–Crippen LogP) is 4.70. The Balaban J connectivity index is 2.28. The molecule has 1 atom stereocenters. The lowest BCUT2D eigenvalue weighted by atomic mass is 9.92. The van der Waals surface area contributed by atoms with Crippen molar-refractivity contribution in [2.24, 2.45) is 0 Å². The van der Waals surface area contributed by atoms with Crippen molar-refractivity contribution >= 4 is 10.8 Å². The van der Waals surface area contributed by atoms with Crippen molar-refractivity contribution in [1.29, 1.82) is 0 Å². The Morgan fingerprint density at radius 3 is 2.48 bits per heavy atom. The molecular formula is C19H27NO. The van der Waals surface area contributed by atoms with E-state index in [-0.39, 0.29) is 5.60 Å². The molecule has 0 amide bonds. The number of hydrogen-bond acceptors (Lipinski definition) is 2. The molecule has 0 aromatic heterocycles. The quantitative estimate of drug-likeness (QED) is 0.796. The van der Waals surface area contributed by atoms with E-state index in [0.717, 1.165) is 19.4 Å². The van der Waals surface area contributed by atoms with Crippen LogP contribution in [0, 0.1) is 0 Å². The van der Waals surface area contributed by atoms with E-state index >= 15 is 0 Å². The molecule has 2 nitrogen and oxygen atoms in total. The SMILES string of the molecule is CCCNC(CC(C)(C)OC)c1ccc2ccccc2c1. The summed E-state index contributed by atoms with van der Waals surface area (Å²) in [6.07, 6.45) is 2.10. The van der Waals surface area contributed by atoms with E-state index in [1.807, 2.05) is 0 Å². The summed E-state index contributed by atoms with van der Waals surface area (Å²) in [5.41, 5.74) is 1.21. The van der Waals surface area contributed by atoms with E-state index in [0.29, 0.717) is 6.04 Å². The fourth-order valence-corrected chi connectivity index (χ4v) is 2.63. The largest absolute Gasteiger partial charge is 0.379 e. The Hall–Kier alpha value is -1.38. The van der Waals surface area contributed by atoms with Crippen LogP contribution >= 0.6 is 0 Å². The molecule has 0 heterocycles. The number of rotatable bonds is 7. The Morgan fingerprint density at radius 1 is 1.10 bits per heavy atom. The average molecular weight is 285 g/mol. The topological polar surface area (TPSA) is 21.3 Å².